The van der Waals surface area contributed by atoms with Gasteiger partial charge in [0.1, 0.15) is 6.04 Å². The second kappa shape index (κ2) is 7.02. The maximum Gasteiger partial charge on any atom is 0.326 e. The highest BCUT2D eigenvalue weighted by Crippen LogP contribution is 2.19. The van der Waals surface area contributed by atoms with Crippen LogP contribution in [0.25, 0.3) is 0 Å². The molecule has 1 atom stereocenters. The van der Waals surface area contributed by atoms with Gasteiger partial charge in [-0.25, -0.2) is 4.98 Å². The number of nitrogens with two attached hydrogens (primary N) is 1. The molecule has 0 fully saturated rings. The van der Waals surface area contributed by atoms with Gasteiger partial charge in [-0.3, -0.25) is 4.79 Å². The summed E-state index contributed by atoms with van der Waals surface area (Å²) < 4.78 is 0. The zero-order valence-corrected chi connectivity index (χ0v) is 11.8. The van der Waals surface area contributed by atoms with Gasteiger partial charge in [0, 0.05) is 11.9 Å². The standard InChI is InChI=1S/C14H17N3O2S/c15-12(13(18)19)11-9-20-14(17-11)16-8-4-7-10-5-2-1-3-6-10/h1-3,5-6,9,12H,4,7-8,15H2,(H,16,17)(H,18,19). The molecule has 0 amide bonds. The molecule has 0 aliphatic heterocycles. The predicted molar refractivity (Wildman–Crippen MR) is 79.9 cm³/mol. The number of rotatable bonds is 7. The molecule has 106 valence electrons. The second-order valence-corrected chi connectivity index (χ2v) is 5.27. The Morgan fingerprint density at radius 3 is 2.85 bits per heavy atom. The van der Waals surface area contributed by atoms with Crippen LogP contribution >= 0.6 is 11.3 Å². The van der Waals surface area contributed by atoms with Crippen LogP contribution in [-0.4, -0.2) is 22.6 Å². The van der Waals surface area contributed by atoms with Gasteiger partial charge in [0.2, 0.25) is 0 Å². The van der Waals surface area contributed by atoms with Crippen molar-refractivity contribution in [1.29, 1.82) is 0 Å². The summed E-state index contributed by atoms with van der Waals surface area (Å²) in [5.74, 6) is -1.06. The van der Waals surface area contributed by atoms with E-state index in [1.807, 2.05) is 18.2 Å². The van der Waals surface area contributed by atoms with Crippen molar-refractivity contribution in [1.82, 2.24) is 4.98 Å². The average molecular weight is 291 g/mol. The number of carboxylic acid groups (broad SMARTS) is 1. The van der Waals surface area contributed by atoms with E-state index in [4.69, 9.17) is 10.8 Å². The minimum absolute atomic E-state index is 0.396. The van der Waals surface area contributed by atoms with E-state index < -0.39 is 12.0 Å². The van der Waals surface area contributed by atoms with Gasteiger partial charge >= 0.3 is 5.97 Å². The number of carbonyl (C=O) groups is 1. The van der Waals surface area contributed by atoms with Crippen LogP contribution in [0.1, 0.15) is 23.7 Å². The van der Waals surface area contributed by atoms with E-state index in [1.54, 1.807) is 5.38 Å². The first-order valence-electron chi connectivity index (χ1n) is 6.38. The quantitative estimate of drug-likeness (QED) is 0.681. The fraction of sp³-hybridized carbons (Fsp3) is 0.286. The van der Waals surface area contributed by atoms with Crippen molar-refractivity contribution in [2.24, 2.45) is 5.73 Å². The third-order valence-electron chi connectivity index (χ3n) is 2.87. The molecule has 0 aliphatic rings. The third-order valence-corrected chi connectivity index (χ3v) is 3.69. The molecule has 0 saturated carbocycles. The van der Waals surface area contributed by atoms with Crippen molar-refractivity contribution in [2.75, 3.05) is 11.9 Å². The van der Waals surface area contributed by atoms with E-state index in [9.17, 15) is 4.79 Å². The fourth-order valence-electron chi connectivity index (χ4n) is 1.77. The Kier molecular flexibility index (Phi) is 5.09. The number of nitrogens with one attached hydrogen (secondary N) is 1. The molecule has 1 aromatic heterocycles. The molecule has 0 radical (unpaired) electrons. The highest BCUT2D eigenvalue weighted by Gasteiger charge is 2.17. The predicted octanol–water partition coefficient (Wildman–Crippen LogP) is 2.27. The average Bonchev–Trinajstić information content (AvgIpc) is 2.92. The Balaban J connectivity index is 1.76. The first-order chi connectivity index (χ1) is 9.66. The van der Waals surface area contributed by atoms with Gasteiger partial charge in [-0.05, 0) is 18.4 Å². The molecule has 2 aromatic rings. The fourth-order valence-corrected chi connectivity index (χ4v) is 2.54. The van der Waals surface area contributed by atoms with Crippen molar-refractivity contribution in [3.05, 3.63) is 47.0 Å². The normalized spacial score (nSPS) is 12.1. The highest BCUT2D eigenvalue weighted by molar-refractivity contribution is 7.13. The highest BCUT2D eigenvalue weighted by atomic mass is 32.1. The number of anilines is 1. The number of hydrogen-bond acceptors (Lipinski definition) is 5. The lowest BCUT2D eigenvalue weighted by molar-refractivity contribution is -0.138. The second-order valence-electron chi connectivity index (χ2n) is 4.41. The van der Waals surface area contributed by atoms with Crippen molar-refractivity contribution in [3.63, 3.8) is 0 Å². The van der Waals surface area contributed by atoms with Crippen LogP contribution in [0.15, 0.2) is 35.7 Å². The molecule has 0 spiro atoms. The van der Waals surface area contributed by atoms with Crippen molar-refractivity contribution in [3.8, 4) is 0 Å². The van der Waals surface area contributed by atoms with Crippen LogP contribution in [0, 0.1) is 0 Å². The number of benzene rings is 1. The first kappa shape index (κ1) is 14.5. The number of aliphatic carboxylic acids is 1. The molecule has 0 saturated heterocycles. The molecule has 0 aliphatic carbocycles. The lowest BCUT2D eigenvalue weighted by Crippen LogP contribution is -2.20. The maximum absolute atomic E-state index is 10.7. The summed E-state index contributed by atoms with van der Waals surface area (Å²) >= 11 is 1.38. The summed E-state index contributed by atoms with van der Waals surface area (Å²) in [4.78, 5) is 14.9. The molecule has 20 heavy (non-hydrogen) atoms. The summed E-state index contributed by atoms with van der Waals surface area (Å²) in [5, 5.41) is 14.4. The van der Waals surface area contributed by atoms with Gasteiger partial charge in [0.15, 0.2) is 5.13 Å². The van der Waals surface area contributed by atoms with E-state index in [2.05, 4.69) is 22.4 Å². The van der Waals surface area contributed by atoms with Gasteiger partial charge in [-0.15, -0.1) is 11.3 Å². The summed E-state index contributed by atoms with van der Waals surface area (Å²) in [7, 11) is 0. The monoisotopic (exact) mass is 291 g/mol. The van der Waals surface area contributed by atoms with E-state index in [-0.39, 0.29) is 0 Å². The molecule has 1 aromatic carbocycles. The minimum atomic E-state index is -1.06. The van der Waals surface area contributed by atoms with Crippen molar-refractivity contribution < 1.29 is 9.90 Å². The molecule has 0 bridgehead atoms. The first-order valence-corrected chi connectivity index (χ1v) is 7.26. The molecule has 1 unspecified atom stereocenters. The summed E-state index contributed by atoms with van der Waals surface area (Å²) in [6.07, 6.45) is 1.99. The number of hydrogen-bond donors (Lipinski definition) is 3. The number of thiazole rings is 1. The van der Waals surface area contributed by atoms with E-state index in [0.717, 1.165) is 19.4 Å². The number of aryl methyl sites for hydroxylation is 1. The Labute approximate surface area is 121 Å². The maximum atomic E-state index is 10.7. The lowest BCUT2D eigenvalue weighted by Gasteiger charge is -2.03. The van der Waals surface area contributed by atoms with Gasteiger partial charge in [0.25, 0.3) is 0 Å². The van der Waals surface area contributed by atoms with Crippen molar-refractivity contribution in [2.45, 2.75) is 18.9 Å². The number of carboxylic acids is 1. The Bertz CT molecular complexity index is 557. The van der Waals surface area contributed by atoms with Gasteiger partial charge in [0.05, 0.1) is 5.69 Å². The molecular weight excluding hydrogens is 274 g/mol. The van der Waals surface area contributed by atoms with Crippen LogP contribution in [0.5, 0.6) is 0 Å². The Morgan fingerprint density at radius 2 is 2.15 bits per heavy atom. The Hall–Kier alpha value is -1.92. The molecule has 2 rings (SSSR count). The van der Waals surface area contributed by atoms with Crippen LogP contribution in [0.3, 0.4) is 0 Å². The number of aromatic nitrogens is 1. The molecule has 4 N–H and O–H groups in total. The van der Waals surface area contributed by atoms with E-state index >= 15 is 0 Å². The van der Waals surface area contributed by atoms with Gasteiger partial charge in [-0.2, -0.15) is 0 Å². The van der Waals surface area contributed by atoms with E-state index in [0.29, 0.717) is 10.8 Å². The molecule has 6 heteroatoms. The van der Waals surface area contributed by atoms with Crippen LogP contribution in [0.2, 0.25) is 0 Å². The summed E-state index contributed by atoms with van der Waals surface area (Å²) in [6.45, 7) is 0.796. The topological polar surface area (TPSA) is 88.2 Å². The molecule has 1 heterocycles. The zero-order valence-electron chi connectivity index (χ0n) is 11.0. The minimum Gasteiger partial charge on any atom is -0.480 e. The van der Waals surface area contributed by atoms with Crippen molar-refractivity contribution >= 4 is 22.4 Å². The van der Waals surface area contributed by atoms with Gasteiger partial charge in [-0.1, -0.05) is 30.3 Å². The number of nitrogens with zero attached hydrogens (tertiary/aromatic N) is 1. The van der Waals surface area contributed by atoms with Crippen LogP contribution < -0.4 is 11.1 Å². The largest absolute Gasteiger partial charge is 0.480 e. The van der Waals surface area contributed by atoms with Gasteiger partial charge < -0.3 is 16.2 Å². The SMILES string of the molecule is NC(C(=O)O)c1csc(NCCCc2ccccc2)n1. The smallest absolute Gasteiger partial charge is 0.326 e. The lowest BCUT2D eigenvalue weighted by atomic mass is 10.1. The molecule has 5 nitrogen and oxygen atoms in total. The van der Waals surface area contributed by atoms with E-state index in [1.165, 1.54) is 16.9 Å². The Morgan fingerprint density at radius 1 is 1.40 bits per heavy atom. The third kappa shape index (κ3) is 4.04. The van der Waals surface area contributed by atoms with Crippen LogP contribution in [-0.2, 0) is 11.2 Å². The summed E-state index contributed by atoms with van der Waals surface area (Å²) in [6, 6.07) is 9.23. The zero-order chi connectivity index (χ0) is 14.4. The molecular formula is C14H17N3O2S. The summed E-state index contributed by atoms with van der Waals surface area (Å²) in [5.41, 5.74) is 7.20. The van der Waals surface area contributed by atoms with Crippen LogP contribution in [0.4, 0.5) is 5.13 Å².